The fourth-order valence-corrected chi connectivity index (χ4v) is 3.91. The molecule has 0 atom stereocenters. The van der Waals surface area contributed by atoms with E-state index in [0.717, 1.165) is 32.8 Å². The fourth-order valence-electron chi connectivity index (χ4n) is 3.18. The van der Waals surface area contributed by atoms with Gasteiger partial charge in [0.2, 0.25) is 0 Å². The van der Waals surface area contributed by atoms with Crippen LogP contribution in [-0.2, 0) is 13.1 Å². The normalized spacial score (nSPS) is 12.5. The van der Waals surface area contributed by atoms with Crippen LogP contribution in [0.3, 0.4) is 0 Å². The zero-order valence-electron chi connectivity index (χ0n) is 16.1. The Labute approximate surface area is 188 Å². The lowest BCUT2D eigenvalue weighted by Crippen LogP contribution is -2.17. The van der Waals surface area contributed by atoms with Crippen molar-refractivity contribution in [2.45, 2.75) is 13.1 Å². The van der Waals surface area contributed by atoms with E-state index in [9.17, 15) is 4.79 Å². The third-order valence-electron chi connectivity index (χ3n) is 4.61. The Balaban J connectivity index is 1.35. The first kappa shape index (κ1) is 20.7. The van der Waals surface area contributed by atoms with E-state index >= 15 is 0 Å². The molecule has 1 amide bonds. The standard InChI is InChI=1S/C23H20BrClN2O3/c24-20-11-16(12-21-22(20)30-9-8-29-21)14-26-13-15-2-1-3-19(10-15)27-23(28)17-4-6-18(25)7-5-17/h1-7,10-12,26H,8-9,13-14H2,(H,27,28). The van der Waals surface area contributed by atoms with Gasteiger partial charge in [-0.1, -0.05) is 23.7 Å². The molecule has 7 heteroatoms. The zero-order chi connectivity index (χ0) is 20.9. The Morgan fingerprint density at radius 1 is 0.967 bits per heavy atom. The van der Waals surface area contributed by atoms with Crippen LogP contribution in [0, 0.1) is 0 Å². The van der Waals surface area contributed by atoms with E-state index in [1.165, 1.54) is 0 Å². The van der Waals surface area contributed by atoms with Crippen molar-refractivity contribution in [2.75, 3.05) is 18.5 Å². The number of amides is 1. The third kappa shape index (κ3) is 5.14. The summed E-state index contributed by atoms with van der Waals surface area (Å²) in [5.41, 5.74) is 3.47. The van der Waals surface area contributed by atoms with E-state index < -0.39 is 0 Å². The van der Waals surface area contributed by atoms with Gasteiger partial charge in [-0.25, -0.2) is 0 Å². The van der Waals surface area contributed by atoms with Gasteiger partial charge in [-0.05, 0) is 75.6 Å². The van der Waals surface area contributed by atoms with Crippen molar-refractivity contribution in [3.8, 4) is 11.5 Å². The van der Waals surface area contributed by atoms with Gasteiger partial charge >= 0.3 is 0 Å². The van der Waals surface area contributed by atoms with Gasteiger partial charge in [0.25, 0.3) is 5.91 Å². The van der Waals surface area contributed by atoms with Crippen molar-refractivity contribution in [1.82, 2.24) is 5.32 Å². The number of carbonyl (C=O) groups excluding carboxylic acids is 1. The molecule has 1 aliphatic heterocycles. The largest absolute Gasteiger partial charge is 0.486 e. The maximum atomic E-state index is 12.4. The summed E-state index contributed by atoms with van der Waals surface area (Å²) in [4.78, 5) is 12.4. The van der Waals surface area contributed by atoms with Crippen LogP contribution >= 0.6 is 27.5 Å². The van der Waals surface area contributed by atoms with Crippen molar-refractivity contribution < 1.29 is 14.3 Å². The van der Waals surface area contributed by atoms with Crippen LogP contribution in [0.15, 0.2) is 65.1 Å². The molecule has 2 N–H and O–H groups in total. The molecule has 3 aromatic carbocycles. The Morgan fingerprint density at radius 2 is 1.73 bits per heavy atom. The highest BCUT2D eigenvalue weighted by Crippen LogP contribution is 2.38. The summed E-state index contributed by atoms with van der Waals surface area (Å²) in [7, 11) is 0. The van der Waals surface area contributed by atoms with Gasteiger partial charge in [0, 0.05) is 29.4 Å². The van der Waals surface area contributed by atoms with Crippen LogP contribution in [0.4, 0.5) is 5.69 Å². The molecule has 30 heavy (non-hydrogen) atoms. The monoisotopic (exact) mass is 486 g/mol. The molecule has 1 heterocycles. The highest BCUT2D eigenvalue weighted by atomic mass is 79.9. The van der Waals surface area contributed by atoms with Crippen molar-refractivity contribution >= 4 is 39.1 Å². The van der Waals surface area contributed by atoms with Crippen molar-refractivity contribution in [2.24, 2.45) is 0 Å². The number of hydrogen-bond donors (Lipinski definition) is 2. The van der Waals surface area contributed by atoms with Gasteiger partial charge in [-0.3, -0.25) is 4.79 Å². The molecule has 5 nitrogen and oxygen atoms in total. The number of rotatable bonds is 6. The molecule has 0 saturated carbocycles. The third-order valence-corrected chi connectivity index (χ3v) is 5.45. The first-order chi connectivity index (χ1) is 14.6. The number of benzene rings is 3. The molecular formula is C23H20BrClN2O3. The summed E-state index contributed by atoms with van der Waals surface area (Å²) < 4.78 is 12.2. The van der Waals surface area contributed by atoms with Gasteiger partial charge in [0.1, 0.15) is 13.2 Å². The maximum absolute atomic E-state index is 12.4. The Hall–Kier alpha value is -2.54. The highest BCUT2D eigenvalue weighted by molar-refractivity contribution is 9.10. The molecular weight excluding hydrogens is 468 g/mol. The quantitative estimate of drug-likeness (QED) is 0.488. The van der Waals surface area contributed by atoms with Gasteiger partial charge < -0.3 is 20.1 Å². The van der Waals surface area contributed by atoms with Crippen molar-refractivity contribution in [1.29, 1.82) is 0 Å². The predicted octanol–water partition coefficient (Wildman–Crippen LogP) is 5.42. The predicted molar refractivity (Wildman–Crippen MR) is 122 cm³/mol. The zero-order valence-corrected chi connectivity index (χ0v) is 18.4. The molecule has 154 valence electrons. The molecule has 0 aliphatic carbocycles. The minimum atomic E-state index is -0.169. The first-order valence-corrected chi connectivity index (χ1v) is 10.7. The van der Waals surface area contributed by atoms with Crippen LogP contribution in [0.5, 0.6) is 11.5 Å². The molecule has 0 radical (unpaired) electrons. The van der Waals surface area contributed by atoms with E-state index in [1.807, 2.05) is 36.4 Å². The second-order valence-corrected chi connectivity index (χ2v) is 8.16. The van der Waals surface area contributed by atoms with Gasteiger partial charge in [0.15, 0.2) is 11.5 Å². The topological polar surface area (TPSA) is 59.6 Å². The lowest BCUT2D eigenvalue weighted by atomic mass is 10.1. The molecule has 0 aromatic heterocycles. The van der Waals surface area contributed by atoms with Crippen LogP contribution in [0.2, 0.25) is 5.02 Å². The summed E-state index contributed by atoms with van der Waals surface area (Å²) in [6, 6.07) is 18.6. The lowest BCUT2D eigenvalue weighted by Gasteiger charge is -2.20. The number of halogens is 2. The van der Waals surface area contributed by atoms with Crippen LogP contribution < -0.4 is 20.1 Å². The maximum Gasteiger partial charge on any atom is 0.255 e. The number of nitrogens with one attached hydrogen (secondary N) is 2. The molecule has 0 saturated heterocycles. The number of fused-ring (bicyclic) bond motifs is 1. The van der Waals surface area contributed by atoms with Crippen molar-refractivity contribution in [3.05, 3.63) is 86.8 Å². The molecule has 0 fully saturated rings. The average Bonchev–Trinajstić information content (AvgIpc) is 2.74. The molecule has 0 bridgehead atoms. The SMILES string of the molecule is O=C(Nc1cccc(CNCc2cc(Br)c3c(c2)OCCO3)c1)c1ccc(Cl)cc1. The average molecular weight is 488 g/mol. The van der Waals surface area contributed by atoms with E-state index in [-0.39, 0.29) is 5.91 Å². The minimum absolute atomic E-state index is 0.169. The number of anilines is 1. The Morgan fingerprint density at radius 3 is 2.57 bits per heavy atom. The molecule has 0 spiro atoms. The smallest absolute Gasteiger partial charge is 0.255 e. The lowest BCUT2D eigenvalue weighted by molar-refractivity contribution is 0.102. The van der Waals surface area contributed by atoms with Gasteiger partial charge in [-0.15, -0.1) is 0 Å². The summed E-state index contributed by atoms with van der Waals surface area (Å²) >= 11 is 9.42. The first-order valence-electron chi connectivity index (χ1n) is 9.53. The highest BCUT2D eigenvalue weighted by Gasteiger charge is 2.16. The Kier molecular flexibility index (Phi) is 6.57. The summed E-state index contributed by atoms with van der Waals surface area (Å²) in [6.07, 6.45) is 0. The molecule has 0 unspecified atom stereocenters. The van der Waals surface area contributed by atoms with E-state index in [2.05, 4.69) is 26.6 Å². The summed E-state index contributed by atoms with van der Waals surface area (Å²) in [6.45, 7) is 2.46. The van der Waals surface area contributed by atoms with Crippen LogP contribution in [0.25, 0.3) is 0 Å². The number of carbonyl (C=O) groups is 1. The fraction of sp³-hybridized carbons (Fsp3) is 0.174. The second-order valence-electron chi connectivity index (χ2n) is 6.87. The van der Waals surface area contributed by atoms with E-state index in [1.54, 1.807) is 24.3 Å². The van der Waals surface area contributed by atoms with E-state index in [4.69, 9.17) is 21.1 Å². The second kappa shape index (κ2) is 9.51. The Bertz CT molecular complexity index is 1060. The summed E-state index contributed by atoms with van der Waals surface area (Å²) in [5, 5.41) is 6.95. The van der Waals surface area contributed by atoms with Crippen LogP contribution in [-0.4, -0.2) is 19.1 Å². The molecule has 4 rings (SSSR count). The number of hydrogen-bond acceptors (Lipinski definition) is 4. The number of ether oxygens (including phenoxy) is 2. The molecule has 3 aromatic rings. The minimum Gasteiger partial charge on any atom is -0.486 e. The van der Waals surface area contributed by atoms with E-state index in [0.29, 0.717) is 36.9 Å². The van der Waals surface area contributed by atoms with Crippen LogP contribution in [0.1, 0.15) is 21.5 Å². The van der Waals surface area contributed by atoms with Crippen molar-refractivity contribution in [3.63, 3.8) is 0 Å². The summed E-state index contributed by atoms with van der Waals surface area (Å²) in [5.74, 6) is 1.35. The van der Waals surface area contributed by atoms with Gasteiger partial charge in [0.05, 0.1) is 4.47 Å². The molecule has 1 aliphatic rings. The van der Waals surface area contributed by atoms with Gasteiger partial charge in [-0.2, -0.15) is 0 Å².